The van der Waals surface area contributed by atoms with Gasteiger partial charge in [0.05, 0.1) is 35.0 Å². The van der Waals surface area contributed by atoms with Crippen molar-refractivity contribution in [3.8, 4) is 5.75 Å². The molecule has 2 saturated heterocycles. The van der Waals surface area contributed by atoms with E-state index in [2.05, 4.69) is 68.8 Å². The standard InChI is InChI=1S/C18H18O.C14H14N2.C10H10N2O4/c1-14-4-9-17(10-5-14)11-8-16(3)19-18-12-6-15(2)7-13-18;1-11-3-7-13(8-4-11)15-16-14-9-5-12(2)6-10-14;1-11-7(13)3-4(8(11)14)6-5(3)9(15)12(2)10(6)16/h4-13H,3H2,1-2H3;3-10H,1-2H3;3-6H,1-2H3/b11-8+;;. The highest BCUT2D eigenvalue weighted by molar-refractivity contribution is 6.17. The minimum Gasteiger partial charge on any atom is -0.458 e. The summed E-state index contributed by atoms with van der Waals surface area (Å²) in [7, 11) is 2.80. The van der Waals surface area contributed by atoms with Gasteiger partial charge in [-0.05, 0) is 75.7 Å². The molecule has 1 saturated carbocycles. The van der Waals surface area contributed by atoms with Gasteiger partial charge in [-0.2, -0.15) is 10.2 Å². The molecule has 1 aliphatic carbocycles. The van der Waals surface area contributed by atoms with Crippen LogP contribution in [0.5, 0.6) is 5.75 Å². The zero-order valence-electron chi connectivity index (χ0n) is 29.7. The summed E-state index contributed by atoms with van der Waals surface area (Å²) in [5.74, 6) is -2.24. The van der Waals surface area contributed by atoms with E-state index in [-0.39, 0.29) is 23.6 Å². The Morgan fingerprint density at radius 2 is 0.863 bits per heavy atom. The van der Waals surface area contributed by atoms with E-state index in [1.807, 2.05) is 84.9 Å². The lowest BCUT2D eigenvalue weighted by molar-refractivity contribution is -0.146. The fourth-order valence-corrected chi connectivity index (χ4v) is 6.09. The third-order valence-electron chi connectivity index (χ3n) is 9.17. The van der Waals surface area contributed by atoms with E-state index in [1.165, 1.54) is 36.3 Å². The second kappa shape index (κ2) is 15.7. The molecule has 0 spiro atoms. The monoisotopic (exact) mass is 682 g/mol. The number of allylic oxidation sites excluding steroid dienone is 1. The maximum Gasteiger partial charge on any atom is 0.233 e. The van der Waals surface area contributed by atoms with E-state index < -0.39 is 23.7 Å². The van der Waals surface area contributed by atoms with Gasteiger partial charge in [0, 0.05) is 14.1 Å². The van der Waals surface area contributed by atoms with Crippen molar-refractivity contribution in [3.63, 3.8) is 0 Å². The lowest BCUT2D eigenvalue weighted by Gasteiger charge is -2.36. The number of hydrogen-bond acceptors (Lipinski definition) is 7. The first kappa shape index (κ1) is 36.3. The van der Waals surface area contributed by atoms with Crippen LogP contribution in [0.15, 0.2) is 126 Å². The van der Waals surface area contributed by atoms with Crippen molar-refractivity contribution in [1.29, 1.82) is 0 Å². The number of benzene rings is 4. The summed E-state index contributed by atoms with van der Waals surface area (Å²) in [6.07, 6.45) is 3.88. The zero-order valence-corrected chi connectivity index (χ0v) is 29.7. The molecule has 4 aromatic carbocycles. The number of aryl methyl sites for hydroxylation is 4. The molecule has 260 valence electrons. The normalized spacial score (nSPS) is 20.4. The minimum atomic E-state index is -0.594. The predicted octanol–water partition coefficient (Wildman–Crippen LogP) is 8.09. The van der Waals surface area contributed by atoms with Gasteiger partial charge in [0.1, 0.15) is 11.5 Å². The van der Waals surface area contributed by atoms with Crippen LogP contribution in [0.2, 0.25) is 0 Å². The van der Waals surface area contributed by atoms with Crippen LogP contribution in [0.4, 0.5) is 11.4 Å². The average molecular weight is 683 g/mol. The summed E-state index contributed by atoms with van der Waals surface area (Å²) in [5, 5.41) is 8.34. The maximum absolute atomic E-state index is 11.7. The highest BCUT2D eigenvalue weighted by Gasteiger charge is 2.72. The lowest BCUT2D eigenvalue weighted by Crippen LogP contribution is -2.50. The summed E-state index contributed by atoms with van der Waals surface area (Å²) in [5.41, 5.74) is 7.83. The van der Waals surface area contributed by atoms with E-state index in [9.17, 15) is 19.2 Å². The van der Waals surface area contributed by atoms with Gasteiger partial charge in [-0.15, -0.1) is 0 Å². The molecule has 0 aromatic heterocycles. The number of likely N-dealkylation sites (tertiary alicyclic amines) is 2. The van der Waals surface area contributed by atoms with E-state index in [4.69, 9.17) is 4.74 Å². The average Bonchev–Trinajstić information content (AvgIpc) is 3.40. The molecular weight excluding hydrogens is 640 g/mol. The van der Waals surface area contributed by atoms with Crippen LogP contribution in [0.25, 0.3) is 6.08 Å². The summed E-state index contributed by atoms with van der Waals surface area (Å²) < 4.78 is 5.63. The Bertz CT molecular complexity index is 1840. The molecule has 51 heavy (non-hydrogen) atoms. The molecule has 0 radical (unpaired) electrons. The molecule has 4 aromatic rings. The highest BCUT2D eigenvalue weighted by Crippen LogP contribution is 2.55. The molecule has 0 atom stereocenters. The molecule has 2 heterocycles. The van der Waals surface area contributed by atoms with Gasteiger partial charge in [-0.3, -0.25) is 29.0 Å². The van der Waals surface area contributed by atoms with E-state index in [0.717, 1.165) is 32.5 Å². The van der Waals surface area contributed by atoms with E-state index >= 15 is 0 Å². The third-order valence-corrected chi connectivity index (χ3v) is 9.17. The zero-order chi connectivity index (χ0) is 36.8. The molecule has 4 amide bonds. The number of imide groups is 2. The number of rotatable bonds is 6. The molecule has 3 aliphatic rings. The summed E-state index contributed by atoms with van der Waals surface area (Å²) >= 11 is 0. The number of fused-ring (bicyclic) bond motifs is 4. The van der Waals surface area contributed by atoms with Crippen LogP contribution in [-0.2, 0) is 19.2 Å². The molecule has 0 bridgehead atoms. The number of carbonyl (C=O) groups excluding carboxylic acids is 4. The summed E-state index contributed by atoms with van der Waals surface area (Å²) in [6, 6.07) is 32.2. The minimum absolute atomic E-state index is 0.326. The fourth-order valence-electron chi connectivity index (χ4n) is 6.09. The quantitative estimate of drug-likeness (QED) is 0.0884. The van der Waals surface area contributed by atoms with Gasteiger partial charge in [0.25, 0.3) is 0 Å². The van der Waals surface area contributed by atoms with Crippen molar-refractivity contribution in [1.82, 2.24) is 9.80 Å². The topological polar surface area (TPSA) is 109 Å². The Morgan fingerprint density at radius 3 is 1.22 bits per heavy atom. The Labute approximate surface area is 299 Å². The molecule has 2 aliphatic heterocycles. The summed E-state index contributed by atoms with van der Waals surface area (Å²) in [4.78, 5) is 48.9. The fraction of sp³-hybridized carbons (Fsp3) is 0.238. The maximum atomic E-state index is 11.7. The second-order valence-corrected chi connectivity index (χ2v) is 13.1. The molecule has 9 nitrogen and oxygen atoms in total. The predicted molar refractivity (Wildman–Crippen MR) is 197 cm³/mol. The van der Waals surface area contributed by atoms with Crippen molar-refractivity contribution < 1.29 is 23.9 Å². The highest BCUT2D eigenvalue weighted by atomic mass is 16.5. The Kier molecular flexibility index (Phi) is 11.2. The van der Waals surface area contributed by atoms with Crippen LogP contribution in [-0.4, -0.2) is 47.5 Å². The van der Waals surface area contributed by atoms with Gasteiger partial charge < -0.3 is 4.74 Å². The van der Waals surface area contributed by atoms with Crippen LogP contribution >= 0.6 is 0 Å². The molecule has 3 fully saturated rings. The van der Waals surface area contributed by atoms with E-state index in [0.29, 0.717) is 5.76 Å². The van der Waals surface area contributed by atoms with Crippen molar-refractivity contribution in [2.45, 2.75) is 27.7 Å². The summed E-state index contributed by atoms with van der Waals surface area (Å²) in [6.45, 7) is 12.1. The van der Waals surface area contributed by atoms with Crippen molar-refractivity contribution >= 4 is 41.1 Å². The Balaban J connectivity index is 0.000000149. The first-order valence-corrected chi connectivity index (χ1v) is 16.7. The van der Waals surface area contributed by atoms with Gasteiger partial charge in [0.15, 0.2) is 0 Å². The Morgan fingerprint density at radius 1 is 0.549 bits per heavy atom. The molecule has 9 heteroatoms. The van der Waals surface area contributed by atoms with Crippen LogP contribution in [0, 0.1) is 51.4 Å². The van der Waals surface area contributed by atoms with Gasteiger partial charge in [0.2, 0.25) is 23.6 Å². The third kappa shape index (κ3) is 8.44. The van der Waals surface area contributed by atoms with E-state index in [1.54, 1.807) is 0 Å². The first-order valence-electron chi connectivity index (χ1n) is 16.7. The van der Waals surface area contributed by atoms with Crippen LogP contribution in [0.1, 0.15) is 27.8 Å². The number of amides is 4. The van der Waals surface area contributed by atoms with Crippen molar-refractivity contribution in [2.75, 3.05) is 14.1 Å². The molecular formula is C42H42N4O5. The molecule has 7 rings (SSSR count). The van der Waals surface area contributed by atoms with Crippen molar-refractivity contribution in [3.05, 3.63) is 143 Å². The molecule has 0 unspecified atom stereocenters. The number of azo groups is 1. The largest absolute Gasteiger partial charge is 0.458 e. The van der Waals surface area contributed by atoms with Gasteiger partial charge >= 0.3 is 0 Å². The lowest BCUT2D eigenvalue weighted by atomic mass is 9.59. The number of ether oxygens (including phenoxy) is 1. The van der Waals surface area contributed by atoms with Gasteiger partial charge in [-0.1, -0.05) is 95.6 Å². The molecule has 0 N–H and O–H groups in total. The first-order chi connectivity index (χ1) is 24.3. The second-order valence-electron chi connectivity index (χ2n) is 13.1. The SMILES string of the molecule is C=C(/C=C/c1ccc(C)cc1)Oc1ccc(C)cc1.CN1C(=O)C2C(C1=O)C1C(=O)N(C)C(=O)C21.Cc1ccc(N=Nc2ccc(C)cc2)cc1. The van der Waals surface area contributed by atoms with Crippen molar-refractivity contribution in [2.24, 2.45) is 33.9 Å². The Hall–Kier alpha value is -5.96. The number of hydrogen-bond donors (Lipinski definition) is 0. The van der Waals surface area contributed by atoms with Gasteiger partial charge in [-0.25, -0.2) is 0 Å². The number of carbonyl (C=O) groups is 4. The number of nitrogens with zero attached hydrogens (tertiary/aromatic N) is 4. The smallest absolute Gasteiger partial charge is 0.233 e. The van der Waals surface area contributed by atoms with Crippen LogP contribution in [0.3, 0.4) is 0 Å². The van der Waals surface area contributed by atoms with Crippen LogP contribution < -0.4 is 4.74 Å².